The van der Waals surface area contributed by atoms with Crippen LogP contribution in [-0.2, 0) is 0 Å². The minimum atomic E-state index is -1.09. The average molecular weight is 277 g/mol. The Morgan fingerprint density at radius 3 is 2.60 bits per heavy atom. The highest BCUT2D eigenvalue weighted by Gasteiger charge is 2.16. The lowest BCUT2D eigenvalue weighted by atomic mass is 10.2. The van der Waals surface area contributed by atoms with Crippen LogP contribution in [0, 0.1) is 0 Å². The summed E-state index contributed by atoms with van der Waals surface area (Å²) in [6.45, 7) is 3.76. The number of amides is 1. The van der Waals surface area contributed by atoms with Crippen molar-refractivity contribution in [2.75, 3.05) is 33.2 Å². The predicted octanol–water partition coefficient (Wildman–Crippen LogP) is 0.948. The number of hydrogen-bond donors (Lipinski definition) is 1. The molecule has 1 aliphatic heterocycles. The van der Waals surface area contributed by atoms with Gasteiger partial charge >= 0.3 is 5.97 Å². The van der Waals surface area contributed by atoms with Crippen molar-refractivity contribution in [1.82, 2.24) is 14.8 Å². The third-order valence-electron chi connectivity index (χ3n) is 3.53. The summed E-state index contributed by atoms with van der Waals surface area (Å²) in [5.74, 6) is -1.22. The van der Waals surface area contributed by atoms with Gasteiger partial charge in [0.1, 0.15) is 5.69 Å². The van der Waals surface area contributed by atoms with E-state index in [1.807, 2.05) is 0 Å². The first-order valence-electron chi connectivity index (χ1n) is 6.75. The fourth-order valence-electron chi connectivity index (χ4n) is 2.27. The molecule has 1 fully saturated rings. The quantitative estimate of drug-likeness (QED) is 0.867. The van der Waals surface area contributed by atoms with Gasteiger partial charge in [-0.3, -0.25) is 4.79 Å². The molecule has 1 amide bonds. The second-order valence-corrected chi connectivity index (χ2v) is 5.01. The highest BCUT2D eigenvalue weighted by Crippen LogP contribution is 2.08. The zero-order valence-corrected chi connectivity index (χ0v) is 11.6. The standard InChI is InChI=1S/C14H19N3O3/c1-16(8-9-17-6-2-3-7-17)13(18)11-4-5-12(14(19)20)15-10-11/h4-5,10H,2-3,6-9H2,1H3,(H,19,20). The molecule has 0 saturated carbocycles. The first-order chi connectivity index (χ1) is 9.58. The van der Waals surface area contributed by atoms with E-state index in [1.165, 1.54) is 31.2 Å². The summed E-state index contributed by atoms with van der Waals surface area (Å²) in [6.07, 6.45) is 3.79. The van der Waals surface area contributed by atoms with E-state index in [2.05, 4.69) is 9.88 Å². The second kappa shape index (κ2) is 6.47. The number of aromatic nitrogens is 1. The molecule has 0 radical (unpaired) electrons. The van der Waals surface area contributed by atoms with Crippen LogP contribution in [0.1, 0.15) is 33.7 Å². The maximum Gasteiger partial charge on any atom is 0.354 e. The number of carbonyl (C=O) groups excluding carboxylic acids is 1. The molecule has 6 heteroatoms. The lowest BCUT2D eigenvalue weighted by Gasteiger charge is -2.21. The Balaban J connectivity index is 1.90. The van der Waals surface area contributed by atoms with Crippen LogP contribution in [0.3, 0.4) is 0 Å². The molecule has 0 aromatic carbocycles. The molecular weight excluding hydrogens is 258 g/mol. The summed E-state index contributed by atoms with van der Waals surface area (Å²) >= 11 is 0. The molecule has 1 aromatic rings. The number of likely N-dealkylation sites (tertiary alicyclic amines) is 1. The van der Waals surface area contributed by atoms with Crippen LogP contribution in [0.25, 0.3) is 0 Å². The molecule has 20 heavy (non-hydrogen) atoms. The molecule has 0 atom stereocenters. The van der Waals surface area contributed by atoms with Crippen molar-refractivity contribution < 1.29 is 14.7 Å². The number of pyridine rings is 1. The Morgan fingerprint density at radius 1 is 1.35 bits per heavy atom. The van der Waals surface area contributed by atoms with Crippen molar-refractivity contribution in [3.8, 4) is 0 Å². The summed E-state index contributed by atoms with van der Waals surface area (Å²) in [5, 5.41) is 8.77. The van der Waals surface area contributed by atoms with E-state index < -0.39 is 5.97 Å². The van der Waals surface area contributed by atoms with Crippen molar-refractivity contribution in [2.45, 2.75) is 12.8 Å². The molecule has 1 saturated heterocycles. The van der Waals surface area contributed by atoms with Gasteiger partial charge in [0, 0.05) is 26.3 Å². The van der Waals surface area contributed by atoms with Gasteiger partial charge in [-0.1, -0.05) is 0 Å². The van der Waals surface area contributed by atoms with E-state index in [0.29, 0.717) is 12.1 Å². The van der Waals surface area contributed by atoms with Gasteiger partial charge in [-0.05, 0) is 38.1 Å². The Kier molecular flexibility index (Phi) is 4.68. The fraction of sp³-hybridized carbons (Fsp3) is 0.500. The lowest BCUT2D eigenvalue weighted by molar-refractivity contribution is 0.0688. The molecule has 2 heterocycles. The molecule has 0 aliphatic carbocycles. The number of carboxylic acid groups (broad SMARTS) is 1. The van der Waals surface area contributed by atoms with E-state index in [0.717, 1.165) is 19.6 Å². The third-order valence-corrected chi connectivity index (χ3v) is 3.53. The zero-order chi connectivity index (χ0) is 14.5. The largest absolute Gasteiger partial charge is 0.477 e. The Labute approximate surface area is 118 Å². The fourth-order valence-corrected chi connectivity index (χ4v) is 2.27. The Bertz CT molecular complexity index is 481. The van der Waals surface area contributed by atoms with Crippen LogP contribution in [-0.4, -0.2) is 65.0 Å². The number of nitrogens with zero attached hydrogens (tertiary/aromatic N) is 3. The lowest BCUT2D eigenvalue weighted by Crippen LogP contribution is -2.35. The van der Waals surface area contributed by atoms with E-state index in [1.54, 1.807) is 11.9 Å². The molecule has 1 aliphatic rings. The summed E-state index contributed by atoms with van der Waals surface area (Å²) < 4.78 is 0. The molecule has 2 rings (SSSR count). The minimum absolute atomic E-state index is 0.0544. The molecule has 0 unspecified atom stereocenters. The summed E-state index contributed by atoms with van der Waals surface area (Å²) in [4.78, 5) is 30.6. The van der Waals surface area contributed by atoms with Crippen LogP contribution in [0.2, 0.25) is 0 Å². The van der Waals surface area contributed by atoms with Crippen LogP contribution in [0.5, 0.6) is 0 Å². The molecule has 0 spiro atoms. The molecular formula is C14H19N3O3. The average Bonchev–Trinajstić information content (AvgIpc) is 2.97. The van der Waals surface area contributed by atoms with E-state index in [4.69, 9.17) is 5.11 Å². The van der Waals surface area contributed by atoms with Crippen molar-refractivity contribution in [3.05, 3.63) is 29.6 Å². The highest BCUT2D eigenvalue weighted by atomic mass is 16.4. The number of carboxylic acids is 1. The number of likely N-dealkylation sites (N-methyl/N-ethyl adjacent to an activating group) is 1. The number of hydrogen-bond acceptors (Lipinski definition) is 4. The maximum atomic E-state index is 12.2. The summed E-state index contributed by atoms with van der Waals surface area (Å²) in [7, 11) is 1.75. The van der Waals surface area contributed by atoms with Crippen LogP contribution < -0.4 is 0 Å². The zero-order valence-electron chi connectivity index (χ0n) is 11.6. The molecule has 0 bridgehead atoms. The first kappa shape index (κ1) is 14.5. The van der Waals surface area contributed by atoms with Gasteiger partial charge in [0.25, 0.3) is 5.91 Å². The number of aromatic carboxylic acids is 1. The normalized spacial score (nSPS) is 15.2. The van der Waals surface area contributed by atoms with Gasteiger partial charge in [0.15, 0.2) is 0 Å². The molecule has 108 valence electrons. The number of rotatable bonds is 5. The molecule has 6 nitrogen and oxygen atoms in total. The molecule has 1 aromatic heterocycles. The van der Waals surface area contributed by atoms with Crippen molar-refractivity contribution in [2.24, 2.45) is 0 Å². The van der Waals surface area contributed by atoms with Crippen molar-refractivity contribution in [3.63, 3.8) is 0 Å². The SMILES string of the molecule is CN(CCN1CCCC1)C(=O)c1ccc(C(=O)O)nc1. The van der Waals surface area contributed by atoms with Crippen molar-refractivity contribution in [1.29, 1.82) is 0 Å². The highest BCUT2D eigenvalue weighted by molar-refractivity contribution is 5.94. The van der Waals surface area contributed by atoms with Gasteiger partial charge in [0.05, 0.1) is 5.56 Å². The van der Waals surface area contributed by atoms with Crippen LogP contribution in [0.4, 0.5) is 0 Å². The van der Waals surface area contributed by atoms with Crippen molar-refractivity contribution >= 4 is 11.9 Å². The summed E-state index contributed by atoms with van der Waals surface area (Å²) in [6, 6.07) is 2.86. The van der Waals surface area contributed by atoms with Gasteiger partial charge in [-0.15, -0.1) is 0 Å². The van der Waals surface area contributed by atoms with E-state index >= 15 is 0 Å². The Hall–Kier alpha value is -1.95. The maximum absolute atomic E-state index is 12.2. The topological polar surface area (TPSA) is 73.7 Å². The van der Waals surface area contributed by atoms with Gasteiger partial charge in [-0.25, -0.2) is 9.78 Å². The van der Waals surface area contributed by atoms with Gasteiger partial charge < -0.3 is 14.9 Å². The Morgan fingerprint density at radius 2 is 2.05 bits per heavy atom. The predicted molar refractivity (Wildman–Crippen MR) is 73.8 cm³/mol. The number of carbonyl (C=O) groups is 2. The minimum Gasteiger partial charge on any atom is -0.477 e. The first-order valence-corrected chi connectivity index (χ1v) is 6.75. The van der Waals surface area contributed by atoms with Crippen LogP contribution in [0.15, 0.2) is 18.3 Å². The van der Waals surface area contributed by atoms with Crippen LogP contribution >= 0.6 is 0 Å². The van der Waals surface area contributed by atoms with E-state index in [9.17, 15) is 9.59 Å². The third kappa shape index (κ3) is 3.54. The van der Waals surface area contributed by atoms with Gasteiger partial charge in [-0.2, -0.15) is 0 Å². The van der Waals surface area contributed by atoms with Gasteiger partial charge in [0.2, 0.25) is 0 Å². The van der Waals surface area contributed by atoms with E-state index in [-0.39, 0.29) is 11.6 Å². The second-order valence-electron chi connectivity index (χ2n) is 5.01. The molecule has 1 N–H and O–H groups in total. The summed E-state index contributed by atoms with van der Waals surface area (Å²) in [5.41, 5.74) is 0.361. The smallest absolute Gasteiger partial charge is 0.354 e. The monoisotopic (exact) mass is 277 g/mol.